The standard InChI is InChI=1S/C17H24N2O2/c1-13(2)9-10-19-15(11-14-7-5-4-6-8-14)17(21)18(3)12-16(19)20/h4-8,13,15H,9-12H2,1-3H3/t15-/m1/s1. The molecule has 1 aliphatic rings. The minimum Gasteiger partial charge on any atom is -0.335 e. The number of nitrogens with zero attached hydrogens (tertiary/aromatic N) is 2. The molecule has 2 amide bonds. The van der Waals surface area contributed by atoms with E-state index in [2.05, 4.69) is 13.8 Å². The molecule has 0 aliphatic carbocycles. The van der Waals surface area contributed by atoms with Gasteiger partial charge in [0.15, 0.2) is 0 Å². The summed E-state index contributed by atoms with van der Waals surface area (Å²) in [5.74, 6) is 0.617. The van der Waals surface area contributed by atoms with Crippen molar-refractivity contribution in [1.82, 2.24) is 9.80 Å². The van der Waals surface area contributed by atoms with Gasteiger partial charge >= 0.3 is 0 Å². The molecule has 1 aromatic rings. The van der Waals surface area contributed by atoms with E-state index in [4.69, 9.17) is 0 Å². The predicted octanol–water partition coefficient (Wildman–Crippen LogP) is 1.94. The van der Waals surface area contributed by atoms with Gasteiger partial charge in [-0.05, 0) is 17.9 Å². The van der Waals surface area contributed by atoms with Crippen LogP contribution in [-0.4, -0.2) is 47.8 Å². The number of carbonyl (C=O) groups excluding carboxylic acids is 2. The Kier molecular flexibility index (Phi) is 4.99. The average Bonchev–Trinajstić information content (AvgIpc) is 2.45. The Morgan fingerprint density at radius 2 is 1.86 bits per heavy atom. The first-order chi connectivity index (χ1) is 9.99. The summed E-state index contributed by atoms with van der Waals surface area (Å²) >= 11 is 0. The van der Waals surface area contributed by atoms with Gasteiger partial charge in [0, 0.05) is 20.0 Å². The third-order valence-electron chi connectivity index (χ3n) is 3.95. The highest BCUT2D eigenvalue weighted by molar-refractivity contribution is 5.94. The molecule has 0 unspecified atom stereocenters. The maximum Gasteiger partial charge on any atom is 0.245 e. The van der Waals surface area contributed by atoms with Crippen molar-refractivity contribution in [2.24, 2.45) is 5.92 Å². The molecule has 4 nitrogen and oxygen atoms in total. The lowest BCUT2D eigenvalue weighted by Crippen LogP contribution is -2.59. The summed E-state index contributed by atoms with van der Waals surface area (Å²) < 4.78 is 0. The molecule has 0 bridgehead atoms. The molecule has 1 saturated heterocycles. The Bertz CT molecular complexity index is 499. The van der Waals surface area contributed by atoms with Crippen molar-refractivity contribution in [3.63, 3.8) is 0 Å². The van der Waals surface area contributed by atoms with Crippen LogP contribution in [0, 0.1) is 5.92 Å². The molecule has 0 saturated carbocycles. The van der Waals surface area contributed by atoms with E-state index >= 15 is 0 Å². The number of benzene rings is 1. The normalized spacial score (nSPS) is 19.5. The first-order valence-electron chi connectivity index (χ1n) is 7.57. The fourth-order valence-electron chi connectivity index (χ4n) is 2.65. The number of rotatable bonds is 5. The maximum atomic E-state index is 12.5. The monoisotopic (exact) mass is 288 g/mol. The summed E-state index contributed by atoms with van der Waals surface area (Å²) in [6, 6.07) is 9.54. The van der Waals surface area contributed by atoms with Gasteiger partial charge in [-0.25, -0.2) is 0 Å². The van der Waals surface area contributed by atoms with Gasteiger partial charge in [0.25, 0.3) is 0 Å². The minimum atomic E-state index is -0.364. The quantitative estimate of drug-likeness (QED) is 0.831. The highest BCUT2D eigenvalue weighted by Crippen LogP contribution is 2.18. The van der Waals surface area contributed by atoms with Gasteiger partial charge < -0.3 is 9.80 Å². The summed E-state index contributed by atoms with van der Waals surface area (Å²) in [5, 5.41) is 0. The molecule has 1 heterocycles. The zero-order valence-electron chi connectivity index (χ0n) is 13.1. The molecule has 0 N–H and O–H groups in total. The number of hydrogen-bond donors (Lipinski definition) is 0. The summed E-state index contributed by atoms with van der Waals surface area (Å²) in [7, 11) is 1.71. The second-order valence-electron chi connectivity index (χ2n) is 6.17. The predicted molar refractivity (Wildman–Crippen MR) is 82.7 cm³/mol. The maximum absolute atomic E-state index is 12.5. The summed E-state index contributed by atoms with van der Waals surface area (Å²) in [6.07, 6.45) is 1.52. The molecule has 114 valence electrons. The molecule has 0 aromatic heterocycles. The Hall–Kier alpha value is -1.84. The van der Waals surface area contributed by atoms with Crippen molar-refractivity contribution >= 4 is 11.8 Å². The minimum absolute atomic E-state index is 0.0437. The number of amides is 2. The van der Waals surface area contributed by atoms with Gasteiger partial charge in [0.1, 0.15) is 6.04 Å². The second-order valence-corrected chi connectivity index (χ2v) is 6.17. The van der Waals surface area contributed by atoms with Crippen molar-refractivity contribution in [2.45, 2.75) is 32.7 Å². The first kappa shape index (κ1) is 15.5. The summed E-state index contributed by atoms with van der Waals surface area (Å²) in [6.45, 7) is 5.12. The van der Waals surface area contributed by atoms with Gasteiger partial charge in [-0.15, -0.1) is 0 Å². The fourth-order valence-corrected chi connectivity index (χ4v) is 2.65. The van der Waals surface area contributed by atoms with Crippen LogP contribution in [0.3, 0.4) is 0 Å². The van der Waals surface area contributed by atoms with Crippen LogP contribution < -0.4 is 0 Å². The van der Waals surface area contributed by atoms with Crippen molar-refractivity contribution in [1.29, 1.82) is 0 Å². The smallest absolute Gasteiger partial charge is 0.245 e. The molecule has 1 atom stereocenters. The van der Waals surface area contributed by atoms with Crippen LogP contribution >= 0.6 is 0 Å². The van der Waals surface area contributed by atoms with Gasteiger partial charge in [-0.1, -0.05) is 44.2 Å². The molecule has 1 aliphatic heterocycles. The molecular formula is C17H24N2O2. The van der Waals surface area contributed by atoms with Crippen LogP contribution in [0.5, 0.6) is 0 Å². The van der Waals surface area contributed by atoms with Crippen LogP contribution in [0.4, 0.5) is 0 Å². The van der Waals surface area contributed by atoms with Crippen LogP contribution in [-0.2, 0) is 16.0 Å². The zero-order valence-corrected chi connectivity index (χ0v) is 13.1. The Morgan fingerprint density at radius 1 is 1.19 bits per heavy atom. The molecule has 21 heavy (non-hydrogen) atoms. The second kappa shape index (κ2) is 6.74. The van der Waals surface area contributed by atoms with E-state index in [1.807, 2.05) is 30.3 Å². The third-order valence-corrected chi connectivity index (χ3v) is 3.95. The molecular weight excluding hydrogens is 264 g/mol. The van der Waals surface area contributed by atoms with E-state index in [-0.39, 0.29) is 24.4 Å². The lowest BCUT2D eigenvalue weighted by Gasteiger charge is -2.39. The van der Waals surface area contributed by atoms with Crippen molar-refractivity contribution in [3.05, 3.63) is 35.9 Å². The van der Waals surface area contributed by atoms with E-state index < -0.39 is 0 Å². The summed E-state index contributed by atoms with van der Waals surface area (Å²) in [4.78, 5) is 28.1. The van der Waals surface area contributed by atoms with Crippen LogP contribution in [0.25, 0.3) is 0 Å². The zero-order chi connectivity index (χ0) is 15.4. The van der Waals surface area contributed by atoms with Gasteiger partial charge in [-0.3, -0.25) is 9.59 Å². The van der Waals surface area contributed by atoms with E-state index in [1.54, 1.807) is 16.8 Å². The Labute approximate surface area is 126 Å². The fraction of sp³-hybridized carbons (Fsp3) is 0.529. The van der Waals surface area contributed by atoms with E-state index in [0.29, 0.717) is 18.9 Å². The van der Waals surface area contributed by atoms with E-state index in [1.165, 1.54) is 0 Å². The Balaban J connectivity index is 2.17. The molecule has 0 spiro atoms. The SMILES string of the molecule is CC(C)CCN1C(=O)CN(C)C(=O)[C@H]1Cc1ccccc1. The molecule has 4 heteroatoms. The number of hydrogen-bond acceptors (Lipinski definition) is 2. The number of likely N-dealkylation sites (N-methyl/N-ethyl adjacent to an activating group) is 1. The number of piperazine rings is 1. The molecule has 1 fully saturated rings. The molecule has 2 rings (SSSR count). The van der Waals surface area contributed by atoms with E-state index in [0.717, 1.165) is 12.0 Å². The highest BCUT2D eigenvalue weighted by Gasteiger charge is 2.37. The number of carbonyl (C=O) groups is 2. The van der Waals surface area contributed by atoms with Gasteiger partial charge in [-0.2, -0.15) is 0 Å². The lowest BCUT2D eigenvalue weighted by molar-refractivity contribution is -0.154. The van der Waals surface area contributed by atoms with Crippen molar-refractivity contribution in [2.75, 3.05) is 20.1 Å². The van der Waals surface area contributed by atoms with Gasteiger partial charge in [0.2, 0.25) is 11.8 Å². The Morgan fingerprint density at radius 3 is 2.48 bits per heavy atom. The average molecular weight is 288 g/mol. The third kappa shape index (κ3) is 3.84. The largest absolute Gasteiger partial charge is 0.335 e. The molecule has 1 aromatic carbocycles. The lowest BCUT2D eigenvalue weighted by atomic mass is 10.00. The topological polar surface area (TPSA) is 40.6 Å². The van der Waals surface area contributed by atoms with Crippen molar-refractivity contribution < 1.29 is 9.59 Å². The van der Waals surface area contributed by atoms with E-state index in [9.17, 15) is 9.59 Å². The van der Waals surface area contributed by atoms with Crippen LogP contribution in [0.2, 0.25) is 0 Å². The van der Waals surface area contributed by atoms with Gasteiger partial charge in [0.05, 0.1) is 6.54 Å². The van der Waals surface area contributed by atoms with Crippen LogP contribution in [0.1, 0.15) is 25.8 Å². The molecule has 0 radical (unpaired) electrons. The first-order valence-corrected chi connectivity index (χ1v) is 7.57. The van der Waals surface area contributed by atoms with Crippen LogP contribution in [0.15, 0.2) is 30.3 Å². The van der Waals surface area contributed by atoms with Crippen molar-refractivity contribution in [3.8, 4) is 0 Å². The summed E-state index contributed by atoms with van der Waals surface area (Å²) in [5.41, 5.74) is 1.09. The highest BCUT2D eigenvalue weighted by atomic mass is 16.2.